The van der Waals surface area contributed by atoms with Gasteiger partial charge in [0.2, 0.25) is 5.95 Å². The van der Waals surface area contributed by atoms with Gasteiger partial charge in [-0.25, -0.2) is 9.67 Å². The van der Waals surface area contributed by atoms with Crippen LogP contribution in [-0.4, -0.2) is 20.7 Å². The largest absolute Gasteiger partial charge is 0.489 e. The predicted molar refractivity (Wildman–Crippen MR) is 133 cm³/mol. The number of aryl methyl sites for hydroxylation is 2. The Kier molecular flexibility index (Phi) is 7.02. The van der Waals surface area contributed by atoms with E-state index in [0.29, 0.717) is 28.1 Å². The Morgan fingerprint density at radius 3 is 2.70 bits per heavy atom. The second kappa shape index (κ2) is 9.95. The van der Waals surface area contributed by atoms with Crippen LogP contribution in [-0.2, 0) is 13.2 Å². The van der Waals surface area contributed by atoms with Crippen LogP contribution in [0, 0.1) is 20.8 Å². The van der Waals surface area contributed by atoms with Crippen molar-refractivity contribution in [3.05, 3.63) is 90.8 Å². The molecule has 0 bridgehead atoms. The van der Waals surface area contributed by atoms with E-state index in [4.69, 9.17) is 27.9 Å². The Labute approximate surface area is 206 Å². The maximum absolute atomic E-state index is 12.6. The Bertz CT molecular complexity index is 1320. The highest BCUT2D eigenvalue weighted by molar-refractivity contribution is 7.12. The molecule has 6 nitrogen and oxygen atoms in total. The third-order valence-electron chi connectivity index (χ3n) is 5.13. The number of nitrogens with zero attached hydrogens (tertiary/aromatic N) is 3. The number of halogens is 2. The summed E-state index contributed by atoms with van der Waals surface area (Å²) in [7, 11) is 0. The molecular formula is C24H22Cl2N4O2S. The van der Waals surface area contributed by atoms with E-state index in [9.17, 15) is 4.79 Å². The van der Waals surface area contributed by atoms with Gasteiger partial charge in [-0.2, -0.15) is 0 Å². The van der Waals surface area contributed by atoms with Gasteiger partial charge in [-0.3, -0.25) is 10.1 Å². The summed E-state index contributed by atoms with van der Waals surface area (Å²) in [5.41, 5.74) is 5.33. The van der Waals surface area contributed by atoms with E-state index in [1.807, 2.05) is 37.4 Å². The average molecular weight is 501 g/mol. The first-order valence-electron chi connectivity index (χ1n) is 10.2. The minimum Gasteiger partial charge on any atom is -0.489 e. The van der Waals surface area contributed by atoms with E-state index in [-0.39, 0.29) is 11.9 Å². The molecule has 4 rings (SSSR count). The fourth-order valence-corrected chi connectivity index (χ4v) is 4.41. The van der Waals surface area contributed by atoms with Crippen LogP contribution >= 0.6 is 34.5 Å². The van der Waals surface area contributed by atoms with Crippen molar-refractivity contribution in [2.24, 2.45) is 0 Å². The standard InChI is InChI=1S/C24H22Cl2N4O2S/c1-14-6-15(2)16(3)21(7-14)32-11-18-9-22(33-12-18)23(31)28-24-27-13-30(29-24)10-17-4-5-19(25)20(26)8-17/h4-9,12-13H,10-11H2,1-3H3,(H,28,29,31). The Balaban J connectivity index is 1.36. The molecular weight excluding hydrogens is 479 g/mol. The molecule has 170 valence electrons. The van der Waals surface area contributed by atoms with Crippen molar-refractivity contribution in [1.82, 2.24) is 14.8 Å². The molecule has 1 N–H and O–H groups in total. The summed E-state index contributed by atoms with van der Waals surface area (Å²) < 4.78 is 7.62. The number of hydrogen-bond acceptors (Lipinski definition) is 5. The number of nitrogens with one attached hydrogen (secondary N) is 1. The number of carbonyl (C=O) groups is 1. The summed E-state index contributed by atoms with van der Waals surface area (Å²) in [5.74, 6) is 0.833. The highest BCUT2D eigenvalue weighted by Gasteiger charge is 2.13. The lowest BCUT2D eigenvalue weighted by atomic mass is 10.1. The van der Waals surface area contributed by atoms with Gasteiger partial charge in [-0.15, -0.1) is 16.4 Å². The summed E-state index contributed by atoms with van der Waals surface area (Å²) in [5, 5.41) is 9.94. The van der Waals surface area contributed by atoms with Gasteiger partial charge in [0, 0.05) is 5.56 Å². The predicted octanol–water partition coefficient (Wildman–Crippen LogP) is 6.45. The topological polar surface area (TPSA) is 69.0 Å². The van der Waals surface area contributed by atoms with Crippen LogP contribution in [0.15, 0.2) is 48.1 Å². The van der Waals surface area contributed by atoms with Crippen molar-refractivity contribution >= 4 is 46.4 Å². The molecule has 0 spiro atoms. The molecule has 9 heteroatoms. The van der Waals surface area contributed by atoms with Gasteiger partial charge in [0.25, 0.3) is 5.91 Å². The van der Waals surface area contributed by atoms with Crippen molar-refractivity contribution in [3.8, 4) is 5.75 Å². The van der Waals surface area contributed by atoms with Gasteiger partial charge in [-0.05, 0) is 72.7 Å². The monoisotopic (exact) mass is 500 g/mol. The molecule has 0 unspecified atom stereocenters. The zero-order valence-corrected chi connectivity index (χ0v) is 20.7. The third kappa shape index (κ3) is 5.74. The van der Waals surface area contributed by atoms with Gasteiger partial charge in [-0.1, -0.05) is 35.3 Å². The van der Waals surface area contributed by atoms with E-state index in [1.54, 1.807) is 23.1 Å². The van der Waals surface area contributed by atoms with Crippen LogP contribution in [0.5, 0.6) is 5.75 Å². The zero-order chi connectivity index (χ0) is 23.5. The SMILES string of the molecule is Cc1cc(C)c(C)c(OCc2csc(C(=O)Nc3ncn(Cc4ccc(Cl)c(Cl)c4)n3)c2)c1. The second-order valence-electron chi connectivity index (χ2n) is 7.78. The first-order valence-corrected chi connectivity index (χ1v) is 11.8. The maximum Gasteiger partial charge on any atom is 0.268 e. The lowest BCUT2D eigenvalue weighted by Crippen LogP contribution is -2.12. The Morgan fingerprint density at radius 1 is 1.09 bits per heavy atom. The third-order valence-corrected chi connectivity index (χ3v) is 6.84. The van der Waals surface area contributed by atoms with E-state index in [1.165, 1.54) is 16.9 Å². The smallest absolute Gasteiger partial charge is 0.268 e. The Hall–Kier alpha value is -2.87. The van der Waals surface area contributed by atoms with Crippen molar-refractivity contribution < 1.29 is 9.53 Å². The quantitative estimate of drug-likeness (QED) is 0.316. The summed E-state index contributed by atoms with van der Waals surface area (Å²) >= 11 is 13.4. The van der Waals surface area contributed by atoms with Crippen molar-refractivity contribution in [3.63, 3.8) is 0 Å². The number of hydrogen-bond donors (Lipinski definition) is 1. The summed E-state index contributed by atoms with van der Waals surface area (Å²) in [6.45, 7) is 7.01. The lowest BCUT2D eigenvalue weighted by Gasteiger charge is -2.11. The van der Waals surface area contributed by atoms with Crippen LogP contribution in [0.25, 0.3) is 0 Å². The molecule has 2 aromatic heterocycles. The van der Waals surface area contributed by atoms with Gasteiger partial charge >= 0.3 is 0 Å². The first-order chi connectivity index (χ1) is 15.8. The van der Waals surface area contributed by atoms with E-state index in [0.717, 1.165) is 28.0 Å². The van der Waals surface area contributed by atoms with Gasteiger partial charge < -0.3 is 4.74 Å². The molecule has 2 aromatic carbocycles. The van der Waals surface area contributed by atoms with Crippen molar-refractivity contribution in [2.45, 2.75) is 33.9 Å². The molecule has 2 heterocycles. The number of amides is 1. The average Bonchev–Trinajstić information content (AvgIpc) is 3.42. The number of aromatic nitrogens is 3. The zero-order valence-electron chi connectivity index (χ0n) is 18.4. The molecule has 4 aromatic rings. The molecule has 1 amide bonds. The number of carbonyl (C=O) groups excluding carboxylic acids is 1. The molecule has 0 fully saturated rings. The fraction of sp³-hybridized carbons (Fsp3) is 0.208. The van der Waals surface area contributed by atoms with Crippen molar-refractivity contribution in [2.75, 3.05) is 5.32 Å². The van der Waals surface area contributed by atoms with Crippen LogP contribution in [0.4, 0.5) is 5.95 Å². The van der Waals surface area contributed by atoms with E-state index < -0.39 is 0 Å². The number of anilines is 1. The number of benzene rings is 2. The van der Waals surface area contributed by atoms with Gasteiger partial charge in [0.05, 0.1) is 21.5 Å². The molecule has 0 saturated carbocycles. The maximum atomic E-state index is 12.6. The summed E-state index contributed by atoms with van der Waals surface area (Å²) in [6, 6.07) is 11.4. The molecule has 0 aliphatic rings. The minimum absolute atomic E-state index is 0.233. The fourth-order valence-electron chi connectivity index (χ4n) is 3.30. The molecule has 0 atom stereocenters. The molecule has 0 radical (unpaired) electrons. The molecule has 0 saturated heterocycles. The normalized spacial score (nSPS) is 10.9. The Morgan fingerprint density at radius 2 is 1.91 bits per heavy atom. The number of thiophene rings is 1. The van der Waals surface area contributed by atoms with Gasteiger partial charge in [0.15, 0.2) is 0 Å². The summed E-state index contributed by atoms with van der Waals surface area (Å²) in [6.07, 6.45) is 1.55. The van der Waals surface area contributed by atoms with Crippen molar-refractivity contribution in [1.29, 1.82) is 0 Å². The summed E-state index contributed by atoms with van der Waals surface area (Å²) in [4.78, 5) is 17.4. The van der Waals surface area contributed by atoms with Crippen LogP contribution < -0.4 is 10.1 Å². The number of rotatable bonds is 7. The van der Waals surface area contributed by atoms with Crippen LogP contribution in [0.3, 0.4) is 0 Å². The lowest BCUT2D eigenvalue weighted by molar-refractivity contribution is 0.102. The highest BCUT2D eigenvalue weighted by Crippen LogP contribution is 2.26. The first kappa shape index (κ1) is 23.3. The number of ether oxygens (including phenoxy) is 1. The highest BCUT2D eigenvalue weighted by atomic mass is 35.5. The van der Waals surface area contributed by atoms with E-state index in [2.05, 4.69) is 28.4 Å². The second-order valence-corrected chi connectivity index (χ2v) is 9.51. The molecule has 0 aliphatic heterocycles. The molecule has 33 heavy (non-hydrogen) atoms. The van der Waals surface area contributed by atoms with Crippen LogP contribution in [0.2, 0.25) is 10.0 Å². The van der Waals surface area contributed by atoms with E-state index >= 15 is 0 Å². The van der Waals surface area contributed by atoms with Crippen LogP contribution in [0.1, 0.15) is 37.5 Å². The van der Waals surface area contributed by atoms with Gasteiger partial charge in [0.1, 0.15) is 18.7 Å². The minimum atomic E-state index is -0.263. The molecule has 0 aliphatic carbocycles.